The first-order valence-electron chi connectivity index (χ1n) is 7.08. The highest BCUT2D eigenvalue weighted by Gasteiger charge is 2.32. The quantitative estimate of drug-likeness (QED) is 0.821. The fraction of sp³-hybridized carbons (Fsp3) is 0.929. The van der Waals surface area contributed by atoms with Crippen molar-refractivity contribution in [3.63, 3.8) is 0 Å². The first-order chi connectivity index (χ1) is 8.27. The van der Waals surface area contributed by atoms with Crippen LogP contribution in [0.5, 0.6) is 0 Å². The van der Waals surface area contributed by atoms with E-state index < -0.39 is 5.97 Å². The van der Waals surface area contributed by atoms with E-state index in [-0.39, 0.29) is 5.92 Å². The van der Waals surface area contributed by atoms with Gasteiger partial charge in [-0.15, -0.1) is 0 Å². The van der Waals surface area contributed by atoms with Gasteiger partial charge in [0.05, 0.1) is 5.92 Å². The molecule has 1 aliphatic heterocycles. The number of hydrogen-bond acceptors (Lipinski definition) is 2. The lowest BCUT2D eigenvalue weighted by Gasteiger charge is -2.31. The molecular weight excluding hydrogens is 216 g/mol. The summed E-state index contributed by atoms with van der Waals surface area (Å²) in [4.78, 5) is 11.4. The van der Waals surface area contributed by atoms with E-state index in [1.807, 2.05) is 0 Å². The Bertz CT molecular complexity index is 240. The highest BCUT2D eigenvalue weighted by atomic mass is 16.5. The predicted molar refractivity (Wildman–Crippen MR) is 65.9 cm³/mol. The van der Waals surface area contributed by atoms with Crippen LogP contribution in [0.1, 0.15) is 51.4 Å². The van der Waals surface area contributed by atoms with Crippen LogP contribution in [0.4, 0.5) is 0 Å². The van der Waals surface area contributed by atoms with E-state index >= 15 is 0 Å². The van der Waals surface area contributed by atoms with E-state index in [9.17, 15) is 9.90 Å². The van der Waals surface area contributed by atoms with Crippen LogP contribution >= 0.6 is 0 Å². The maximum absolute atomic E-state index is 11.4. The molecule has 0 bridgehead atoms. The largest absolute Gasteiger partial charge is 0.481 e. The molecule has 17 heavy (non-hydrogen) atoms. The summed E-state index contributed by atoms with van der Waals surface area (Å²) >= 11 is 0. The van der Waals surface area contributed by atoms with Gasteiger partial charge in [0.2, 0.25) is 0 Å². The Balaban J connectivity index is 1.88. The van der Waals surface area contributed by atoms with Crippen molar-refractivity contribution in [3.8, 4) is 0 Å². The van der Waals surface area contributed by atoms with E-state index in [2.05, 4.69) is 0 Å². The number of carboxylic acid groups (broad SMARTS) is 1. The Hall–Kier alpha value is -0.570. The van der Waals surface area contributed by atoms with Crippen LogP contribution in [-0.2, 0) is 9.53 Å². The van der Waals surface area contributed by atoms with E-state index in [0.717, 1.165) is 32.5 Å². The van der Waals surface area contributed by atoms with Gasteiger partial charge in [0, 0.05) is 13.2 Å². The second-order valence-corrected chi connectivity index (χ2v) is 5.63. The molecule has 0 aromatic carbocycles. The molecule has 0 amide bonds. The Labute approximate surface area is 104 Å². The summed E-state index contributed by atoms with van der Waals surface area (Å²) in [6.45, 7) is 1.50. The van der Waals surface area contributed by atoms with Crippen LogP contribution in [-0.4, -0.2) is 24.3 Å². The van der Waals surface area contributed by atoms with Crippen LogP contribution in [0.25, 0.3) is 0 Å². The molecule has 2 fully saturated rings. The van der Waals surface area contributed by atoms with Gasteiger partial charge < -0.3 is 9.84 Å². The molecule has 98 valence electrons. The number of rotatable bonds is 4. The Kier molecular flexibility index (Phi) is 4.84. The van der Waals surface area contributed by atoms with Gasteiger partial charge in [-0.2, -0.15) is 0 Å². The van der Waals surface area contributed by atoms with E-state index in [4.69, 9.17) is 4.74 Å². The third-order valence-electron chi connectivity index (χ3n) is 4.46. The minimum atomic E-state index is -0.581. The molecule has 1 atom stereocenters. The summed E-state index contributed by atoms with van der Waals surface area (Å²) in [5.74, 6) is 0.306. The van der Waals surface area contributed by atoms with Gasteiger partial charge in [0.25, 0.3) is 0 Å². The maximum atomic E-state index is 11.4. The van der Waals surface area contributed by atoms with Crippen molar-refractivity contribution in [2.75, 3.05) is 13.2 Å². The molecule has 3 nitrogen and oxygen atoms in total. The molecule has 2 rings (SSSR count). The van der Waals surface area contributed by atoms with Crippen molar-refractivity contribution < 1.29 is 14.6 Å². The van der Waals surface area contributed by atoms with Gasteiger partial charge in [-0.1, -0.05) is 32.1 Å². The van der Waals surface area contributed by atoms with Gasteiger partial charge in [0.15, 0.2) is 0 Å². The zero-order valence-electron chi connectivity index (χ0n) is 10.6. The molecule has 0 radical (unpaired) electrons. The normalized spacial score (nSPS) is 25.6. The van der Waals surface area contributed by atoms with Crippen molar-refractivity contribution in [1.82, 2.24) is 0 Å². The molecule has 0 aromatic rings. The molecule has 0 aromatic heterocycles. The molecule has 3 heteroatoms. The van der Waals surface area contributed by atoms with Crippen LogP contribution in [0.15, 0.2) is 0 Å². The molecule has 0 spiro atoms. The molecule has 1 aliphatic carbocycles. The Morgan fingerprint density at radius 1 is 1.12 bits per heavy atom. The Morgan fingerprint density at radius 3 is 2.35 bits per heavy atom. The van der Waals surface area contributed by atoms with Crippen molar-refractivity contribution in [3.05, 3.63) is 0 Å². The van der Waals surface area contributed by atoms with Gasteiger partial charge in [-0.05, 0) is 31.1 Å². The first-order valence-corrected chi connectivity index (χ1v) is 7.08. The van der Waals surface area contributed by atoms with Crippen molar-refractivity contribution in [2.45, 2.75) is 51.4 Å². The van der Waals surface area contributed by atoms with Crippen molar-refractivity contribution in [1.29, 1.82) is 0 Å². The van der Waals surface area contributed by atoms with Crippen LogP contribution in [0, 0.1) is 17.8 Å². The van der Waals surface area contributed by atoms with Crippen LogP contribution < -0.4 is 0 Å². The molecule has 2 aliphatic rings. The minimum absolute atomic E-state index is 0.123. The summed E-state index contributed by atoms with van der Waals surface area (Å²) in [6.07, 6.45) is 9.19. The van der Waals surface area contributed by atoms with E-state index in [1.165, 1.54) is 32.1 Å². The van der Waals surface area contributed by atoms with Crippen molar-refractivity contribution >= 4 is 5.97 Å². The molecule has 1 saturated heterocycles. The van der Waals surface area contributed by atoms with Gasteiger partial charge in [-0.3, -0.25) is 4.79 Å². The van der Waals surface area contributed by atoms with Crippen molar-refractivity contribution in [2.24, 2.45) is 17.8 Å². The highest BCUT2D eigenvalue weighted by Crippen LogP contribution is 2.34. The third-order valence-corrected chi connectivity index (χ3v) is 4.46. The molecule has 1 N–H and O–H groups in total. The third kappa shape index (κ3) is 3.70. The average Bonchev–Trinajstić information content (AvgIpc) is 2.38. The second-order valence-electron chi connectivity index (χ2n) is 5.63. The standard InChI is InChI=1S/C14H24O3/c15-14(16)13(12-6-8-17-9-7-12)10-11-4-2-1-3-5-11/h11-13H,1-10H2,(H,15,16). The molecular formula is C14H24O3. The number of aliphatic carboxylic acids is 1. The summed E-state index contributed by atoms with van der Waals surface area (Å²) in [5.41, 5.74) is 0. The number of carboxylic acids is 1. The molecule has 1 saturated carbocycles. The number of hydrogen-bond donors (Lipinski definition) is 1. The first kappa shape index (κ1) is 12.9. The van der Waals surface area contributed by atoms with E-state index in [1.54, 1.807) is 0 Å². The number of ether oxygens (including phenoxy) is 1. The van der Waals surface area contributed by atoms with Gasteiger partial charge in [-0.25, -0.2) is 0 Å². The maximum Gasteiger partial charge on any atom is 0.306 e. The smallest absolute Gasteiger partial charge is 0.306 e. The summed E-state index contributed by atoms with van der Waals surface area (Å²) < 4.78 is 5.33. The second kappa shape index (κ2) is 6.39. The molecule has 1 unspecified atom stereocenters. The van der Waals surface area contributed by atoms with Crippen LogP contribution in [0.3, 0.4) is 0 Å². The fourth-order valence-corrected chi connectivity index (χ4v) is 3.40. The summed E-state index contributed by atoms with van der Waals surface area (Å²) in [6, 6.07) is 0. The Morgan fingerprint density at radius 2 is 1.76 bits per heavy atom. The zero-order chi connectivity index (χ0) is 12.1. The molecule has 1 heterocycles. The number of carbonyl (C=O) groups is 1. The predicted octanol–water partition coefficient (Wildman–Crippen LogP) is 3.08. The van der Waals surface area contributed by atoms with Gasteiger partial charge in [0.1, 0.15) is 0 Å². The monoisotopic (exact) mass is 240 g/mol. The lowest BCUT2D eigenvalue weighted by atomic mass is 9.76. The fourth-order valence-electron chi connectivity index (χ4n) is 3.40. The van der Waals surface area contributed by atoms with E-state index in [0.29, 0.717) is 11.8 Å². The SMILES string of the molecule is O=C(O)C(CC1CCCCC1)C1CCOCC1. The zero-order valence-corrected chi connectivity index (χ0v) is 10.6. The van der Waals surface area contributed by atoms with Crippen LogP contribution in [0.2, 0.25) is 0 Å². The lowest BCUT2D eigenvalue weighted by Crippen LogP contribution is -2.31. The topological polar surface area (TPSA) is 46.5 Å². The summed E-state index contributed by atoms with van der Waals surface area (Å²) in [7, 11) is 0. The highest BCUT2D eigenvalue weighted by molar-refractivity contribution is 5.70. The average molecular weight is 240 g/mol. The van der Waals surface area contributed by atoms with Gasteiger partial charge >= 0.3 is 5.97 Å². The lowest BCUT2D eigenvalue weighted by molar-refractivity contribution is -0.146. The summed E-state index contributed by atoms with van der Waals surface area (Å²) in [5, 5.41) is 9.42. The minimum Gasteiger partial charge on any atom is -0.481 e.